The quantitative estimate of drug-likeness (QED) is 0.201. The van der Waals surface area contributed by atoms with Gasteiger partial charge in [0.25, 0.3) is 0 Å². The molecule has 1 atom stereocenters. The molecule has 35 heavy (non-hydrogen) atoms. The molecule has 3 aromatic rings. The number of amides is 2. The summed E-state index contributed by atoms with van der Waals surface area (Å²) >= 11 is 0. The van der Waals surface area contributed by atoms with Crippen LogP contribution in [0.5, 0.6) is 11.5 Å². The normalized spacial score (nSPS) is 15.5. The molecule has 2 amide bonds. The number of methoxy groups -OCH3 is 2. The third-order valence-corrected chi connectivity index (χ3v) is 6.48. The summed E-state index contributed by atoms with van der Waals surface area (Å²) in [5.41, 5.74) is 6.08. The number of hydrogen-bond acceptors (Lipinski definition) is 6. The van der Waals surface area contributed by atoms with Gasteiger partial charge in [-0.3, -0.25) is 19.7 Å². The topological polar surface area (TPSA) is 116 Å². The number of aromatic amines is 1. The van der Waals surface area contributed by atoms with Gasteiger partial charge in [0.15, 0.2) is 11.5 Å². The number of unbranched alkanes of at least 4 members (excludes halogenated alkanes) is 1. The van der Waals surface area contributed by atoms with Crippen molar-refractivity contribution in [3.63, 3.8) is 0 Å². The predicted octanol–water partition coefficient (Wildman–Crippen LogP) is 2.92. The third kappa shape index (κ3) is 5.41. The smallest absolute Gasteiger partial charge is 0.243 e. The van der Waals surface area contributed by atoms with Crippen molar-refractivity contribution in [3.8, 4) is 11.5 Å². The molecule has 4 N–H and O–H groups in total. The van der Waals surface area contributed by atoms with Crippen LogP contribution in [0.2, 0.25) is 0 Å². The molecule has 2 aromatic carbocycles. The van der Waals surface area contributed by atoms with Crippen LogP contribution < -0.4 is 20.3 Å². The van der Waals surface area contributed by atoms with Crippen LogP contribution in [-0.2, 0) is 16.0 Å². The maximum Gasteiger partial charge on any atom is 0.243 e. The first-order chi connectivity index (χ1) is 17.0. The Morgan fingerprint density at radius 3 is 2.66 bits per heavy atom. The van der Waals surface area contributed by atoms with Crippen molar-refractivity contribution in [1.82, 2.24) is 20.7 Å². The summed E-state index contributed by atoms with van der Waals surface area (Å²) < 4.78 is 11.0. The van der Waals surface area contributed by atoms with Crippen LogP contribution in [-0.4, -0.2) is 60.8 Å². The van der Waals surface area contributed by atoms with Crippen LogP contribution in [0.25, 0.3) is 10.9 Å². The van der Waals surface area contributed by atoms with Crippen molar-refractivity contribution in [1.29, 1.82) is 0 Å². The lowest BCUT2D eigenvalue weighted by molar-refractivity contribution is -0.129. The molecular formula is C26H32N4O5. The molecule has 0 saturated carbocycles. The van der Waals surface area contributed by atoms with Gasteiger partial charge in [-0.2, -0.15) is 0 Å². The molecule has 2 heterocycles. The fourth-order valence-electron chi connectivity index (χ4n) is 4.80. The van der Waals surface area contributed by atoms with Crippen LogP contribution in [0.15, 0.2) is 42.5 Å². The number of fused-ring (bicyclic) bond motifs is 3. The molecule has 0 bridgehead atoms. The maximum atomic E-state index is 12.8. The van der Waals surface area contributed by atoms with Crippen molar-refractivity contribution in [2.75, 3.05) is 33.9 Å². The van der Waals surface area contributed by atoms with E-state index in [-0.39, 0.29) is 24.9 Å². The van der Waals surface area contributed by atoms with E-state index in [0.717, 1.165) is 29.7 Å². The summed E-state index contributed by atoms with van der Waals surface area (Å²) in [5.74, 6) is 0.811. The van der Waals surface area contributed by atoms with Gasteiger partial charge >= 0.3 is 0 Å². The van der Waals surface area contributed by atoms with E-state index in [2.05, 4.69) is 27.3 Å². The zero-order chi connectivity index (χ0) is 24.8. The Labute approximate surface area is 204 Å². The molecule has 1 unspecified atom stereocenters. The van der Waals surface area contributed by atoms with Crippen molar-refractivity contribution < 1.29 is 24.3 Å². The lowest BCUT2D eigenvalue weighted by Crippen LogP contribution is -2.43. The average Bonchev–Trinajstić information content (AvgIpc) is 3.26. The van der Waals surface area contributed by atoms with Gasteiger partial charge < -0.3 is 19.8 Å². The number of carbonyl (C=O) groups excluding carboxylic acids is 2. The molecule has 1 aliphatic rings. The molecule has 1 aromatic heterocycles. The second kappa shape index (κ2) is 11.2. The van der Waals surface area contributed by atoms with Crippen LogP contribution in [0, 0.1) is 0 Å². The number of nitrogens with one attached hydrogen (secondary N) is 3. The highest BCUT2D eigenvalue weighted by Crippen LogP contribution is 2.40. The Kier molecular flexibility index (Phi) is 7.89. The van der Waals surface area contributed by atoms with Crippen molar-refractivity contribution >= 4 is 22.7 Å². The minimum Gasteiger partial charge on any atom is -0.493 e. The second-order valence-corrected chi connectivity index (χ2v) is 8.64. The number of carbonyl (C=O) groups is 2. The molecule has 4 rings (SSSR count). The summed E-state index contributed by atoms with van der Waals surface area (Å²) in [4.78, 5) is 29.7. The first kappa shape index (κ1) is 24.6. The summed E-state index contributed by atoms with van der Waals surface area (Å²) in [5, 5.41) is 12.7. The maximum absolute atomic E-state index is 12.8. The lowest BCUT2D eigenvalue weighted by Gasteiger charge is -2.36. The summed E-state index contributed by atoms with van der Waals surface area (Å²) in [6, 6.07) is 14.0. The van der Waals surface area contributed by atoms with E-state index in [9.17, 15) is 9.59 Å². The fourth-order valence-corrected chi connectivity index (χ4v) is 4.80. The largest absolute Gasteiger partial charge is 0.493 e. The van der Waals surface area contributed by atoms with E-state index in [0.29, 0.717) is 30.9 Å². The molecule has 0 fully saturated rings. The molecule has 0 saturated heterocycles. The van der Waals surface area contributed by atoms with E-state index in [4.69, 9.17) is 14.7 Å². The van der Waals surface area contributed by atoms with Gasteiger partial charge in [0, 0.05) is 36.1 Å². The van der Waals surface area contributed by atoms with Crippen LogP contribution in [0.4, 0.5) is 0 Å². The van der Waals surface area contributed by atoms with Gasteiger partial charge in [-0.1, -0.05) is 24.3 Å². The van der Waals surface area contributed by atoms with E-state index < -0.39 is 5.91 Å². The number of para-hydroxylation sites is 1. The Morgan fingerprint density at radius 2 is 1.89 bits per heavy atom. The molecular weight excluding hydrogens is 448 g/mol. The zero-order valence-corrected chi connectivity index (χ0v) is 20.1. The summed E-state index contributed by atoms with van der Waals surface area (Å²) in [6.07, 6.45) is 2.31. The summed E-state index contributed by atoms with van der Waals surface area (Å²) in [7, 11) is 3.23. The first-order valence-corrected chi connectivity index (χ1v) is 11.8. The SMILES string of the molecule is COc1ccc(C2c3[nH]c4ccccc4c3CCN2CC(=O)NCCCCC(=O)NO)cc1OC. The third-order valence-electron chi connectivity index (χ3n) is 6.48. The number of nitrogens with zero attached hydrogens (tertiary/aromatic N) is 1. The van der Waals surface area contributed by atoms with Gasteiger partial charge in [0.05, 0.1) is 26.8 Å². The van der Waals surface area contributed by atoms with Crippen molar-refractivity contribution in [2.45, 2.75) is 31.7 Å². The molecule has 186 valence electrons. The number of hydroxylamine groups is 1. The minimum atomic E-state index is -0.420. The molecule has 0 spiro atoms. The standard InChI is InChI=1S/C26H32N4O5/c1-34-21-11-10-17(15-22(21)35-2)26-25-19(18-7-3-4-8-20(18)28-25)12-14-30(26)16-24(32)27-13-6-5-9-23(31)29-33/h3-4,7-8,10-11,15,26,28,33H,5-6,9,12-14,16H2,1-2H3,(H,27,32)(H,29,31). The summed E-state index contributed by atoms with van der Waals surface area (Å²) in [6.45, 7) is 1.45. The van der Waals surface area contributed by atoms with E-state index >= 15 is 0 Å². The number of hydrogen-bond donors (Lipinski definition) is 4. The Morgan fingerprint density at radius 1 is 1.09 bits per heavy atom. The monoisotopic (exact) mass is 480 g/mol. The van der Waals surface area contributed by atoms with Crippen molar-refractivity contribution in [2.24, 2.45) is 0 Å². The second-order valence-electron chi connectivity index (χ2n) is 8.64. The zero-order valence-electron chi connectivity index (χ0n) is 20.1. The average molecular weight is 481 g/mol. The molecule has 9 heteroatoms. The fraction of sp³-hybridized carbons (Fsp3) is 0.385. The van der Waals surface area contributed by atoms with E-state index in [1.54, 1.807) is 19.7 Å². The highest BCUT2D eigenvalue weighted by molar-refractivity contribution is 5.85. The van der Waals surface area contributed by atoms with Crippen LogP contribution in [0.3, 0.4) is 0 Å². The molecule has 0 radical (unpaired) electrons. The number of H-pyrrole nitrogens is 1. The Hall–Kier alpha value is -3.56. The number of benzene rings is 2. The van der Waals surface area contributed by atoms with Crippen LogP contribution in [0.1, 0.15) is 42.1 Å². The Bertz CT molecular complexity index is 1190. The van der Waals surface area contributed by atoms with Gasteiger partial charge in [0.2, 0.25) is 11.8 Å². The first-order valence-electron chi connectivity index (χ1n) is 11.8. The van der Waals surface area contributed by atoms with Gasteiger partial charge in [-0.25, -0.2) is 5.48 Å². The molecule has 0 aliphatic carbocycles. The van der Waals surface area contributed by atoms with Crippen LogP contribution >= 0.6 is 0 Å². The van der Waals surface area contributed by atoms with Gasteiger partial charge in [-0.05, 0) is 48.6 Å². The molecule has 1 aliphatic heterocycles. The number of aromatic nitrogens is 1. The lowest BCUT2D eigenvalue weighted by atomic mass is 9.92. The number of ether oxygens (including phenoxy) is 2. The van der Waals surface area contributed by atoms with E-state index in [1.807, 2.05) is 30.3 Å². The van der Waals surface area contributed by atoms with Gasteiger partial charge in [-0.15, -0.1) is 0 Å². The highest BCUT2D eigenvalue weighted by Gasteiger charge is 2.33. The predicted molar refractivity (Wildman–Crippen MR) is 132 cm³/mol. The Balaban J connectivity index is 1.56. The molecule has 9 nitrogen and oxygen atoms in total. The number of rotatable bonds is 10. The highest BCUT2D eigenvalue weighted by atomic mass is 16.5. The van der Waals surface area contributed by atoms with Gasteiger partial charge in [0.1, 0.15) is 0 Å². The van der Waals surface area contributed by atoms with Crippen molar-refractivity contribution in [3.05, 3.63) is 59.3 Å². The van der Waals surface area contributed by atoms with E-state index in [1.165, 1.54) is 10.9 Å². The minimum absolute atomic E-state index is 0.0679.